The van der Waals surface area contributed by atoms with Crippen molar-refractivity contribution in [2.75, 3.05) is 12.3 Å². The molecule has 0 aliphatic carbocycles. The molecule has 2 N–H and O–H groups in total. The summed E-state index contributed by atoms with van der Waals surface area (Å²) < 4.78 is 0. The second kappa shape index (κ2) is 7.65. The van der Waals surface area contributed by atoms with Crippen molar-refractivity contribution >= 4 is 11.8 Å². The molecule has 0 aliphatic rings. The average molecular weight is 205 g/mol. The van der Waals surface area contributed by atoms with Crippen LogP contribution in [0.4, 0.5) is 0 Å². The first-order valence-corrected chi connectivity index (χ1v) is 6.15. The highest BCUT2D eigenvalue weighted by molar-refractivity contribution is 7.99. The van der Waals surface area contributed by atoms with E-state index in [1.807, 2.05) is 18.7 Å². The summed E-state index contributed by atoms with van der Waals surface area (Å²) in [6.45, 7) is 9.37. The summed E-state index contributed by atoms with van der Waals surface area (Å²) in [5.74, 6) is 1.08. The van der Waals surface area contributed by atoms with Gasteiger partial charge >= 0.3 is 0 Å². The minimum atomic E-state index is -0.205. The summed E-state index contributed by atoms with van der Waals surface area (Å²) in [7, 11) is 0. The third-order valence-corrected chi connectivity index (χ3v) is 3.64. The van der Waals surface area contributed by atoms with Crippen molar-refractivity contribution in [2.45, 2.75) is 51.5 Å². The molecule has 0 aliphatic heterocycles. The first-order chi connectivity index (χ1) is 6.07. The van der Waals surface area contributed by atoms with E-state index in [0.29, 0.717) is 11.3 Å². The number of hydrogen-bond donors (Lipinski definition) is 2. The van der Waals surface area contributed by atoms with Crippen molar-refractivity contribution in [3.8, 4) is 0 Å². The van der Waals surface area contributed by atoms with Gasteiger partial charge in [-0.1, -0.05) is 13.8 Å². The maximum atomic E-state index is 9.27. The topological polar surface area (TPSA) is 32.3 Å². The third kappa shape index (κ3) is 7.35. The van der Waals surface area contributed by atoms with Crippen molar-refractivity contribution in [3.05, 3.63) is 0 Å². The lowest BCUT2D eigenvalue weighted by molar-refractivity contribution is 0.196. The first kappa shape index (κ1) is 13.3. The molecule has 0 fully saturated rings. The molecule has 0 rings (SSSR count). The molecule has 0 aromatic rings. The molecule has 0 aromatic heterocycles. The normalized spacial score (nSPS) is 18.2. The van der Waals surface area contributed by atoms with Crippen LogP contribution in [0.1, 0.15) is 34.1 Å². The second-order valence-corrected chi connectivity index (χ2v) is 5.04. The van der Waals surface area contributed by atoms with E-state index in [2.05, 4.69) is 26.1 Å². The Morgan fingerprint density at radius 1 is 1.31 bits per heavy atom. The van der Waals surface area contributed by atoms with Crippen molar-refractivity contribution in [2.24, 2.45) is 0 Å². The number of aliphatic hydroxyl groups is 1. The molecule has 0 heterocycles. The fraction of sp³-hybridized carbons (Fsp3) is 1.00. The molecule has 0 aromatic carbocycles. The summed E-state index contributed by atoms with van der Waals surface area (Å²) in [6.07, 6.45) is 0.976. The SMILES string of the molecule is CCCNC(C)CSC(C)C(C)O. The Balaban J connectivity index is 3.40. The van der Waals surface area contributed by atoms with Crippen LogP contribution in [0.15, 0.2) is 0 Å². The van der Waals surface area contributed by atoms with Crippen LogP contribution in [-0.4, -0.2) is 34.8 Å². The lowest BCUT2D eigenvalue weighted by atomic mass is 10.3. The molecule has 13 heavy (non-hydrogen) atoms. The molecule has 3 heteroatoms. The van der Waals surface area contributed by atoms with E-state index in [-0.39, 0.29) is 6.10 Å². The molecule has 0 bridgehead atoms. The maximum absolute atomic E-state index is 9.27. The molecular formula is C10H23NOS. The summed E-state index contributed by atoms with van der Waals surface area (Å²) in [5, 5.41) is 13.0. The Labute approximate surface area is 86.5 Å². The van der Waals surface area contributed by atoms with E-state index in [4.69, 9.17) is 0 Å². The highest BCUT2D eigenvalue weighted by Gasteiger charge is 2.10. The van der Waals surface area contributed by atoms with Crippen LogP contribution in [0, 0.1) is 0 Å². The fourth-order valence-corrected chi connectivity index (χ4v) is 1.87. The van der Waals surface area contributed by atoms with Crippen LogP contribution in [0.2, 0.25) is 0 Å². The predicted molar refractivity (Wildman–Crippen MR) is 61.4 cm³/mol. The average Bonchev–Trinajstić information content (AvgIpc) is 2.10. The van der Waals surface area contributed by atoms with Crippen molar-refractivity contribution in [3.63, 3.8) is 0 Å². The highest BCUT2D eigenvalue weighted by atomic mass is 32.2. The van der Waals surface area contributed by atoms with Gasteiger partial charge in [0.2, 0.25) is 0 Å². The second-order valence-electron chi connectivity index (χ2n) is 3.63. The third-order valence-electron chi connectivity index (χ3n) is 2.03. The van der Waals surface area contributed by atoms with Crippen LogP contribution < -0.4 is 5.32 Å². The molecule has 0 amide bonds. The first-order valence-electron chi connectivity index (χ1n) is 5.11. The summed E-state index contributed by atoms with van der Waals surface area (Å²) in [5.41, 5.74) is 0. The van der Waals surface area contributed by atoms with Gasteiger partial charge in [-0.25, -0.2) is 0 Å². The Kier molecular flexibility index (Phi) is 7.81. The van der Waals surface area contributed by atoms with E-state index in [9.17, 15) is 5.11 Å². The molecule has 3 atom stereocenters. The quantitative estimate of drug-likeness (QED) is 0.665. The van der Waals surface area contributed by atoms with Crippen molar-refractivity contribution < 1.29 is 5.11 Å². The maximum Gasteiger partial charge on any atom is 0.0628 e. The van der Waals surface area contributed by atoms with Gasteiger partial charge in [0.25, 0.3) is 0 Å². The lowest BCUT2D eigenvalue weighted by Crippen LogP contribution is -2.30. The Hall–Kier alpha value is 0.270. The van der Waals surface area contributed by atoms with Gasteiger partial charge in [-0.15, -0.1) is 0 Å². The van der Waals surface area contributed by atoms with Crippen LogP contribution in [0.25, 0.3) is 0 Å². The molecule has 3 unspecified atom stereocenters. The van der Waals surface area contributed by atoms with Gasteiger partial charge in [-0.3, -0.25) is 0 Å². The summed E-state index contributed by atoms with van der Waals surface area (Å²) >= 11 is 1.83. The monoisotopic (exact) mass is 205 g/mol. The Morgan fingerprint density at radius 3 is 2.38 bits per heavy atom. The van der Waals surface area contributed by atoms with Gasteiger partial charge < -0.3 is 10.4 Å². The summed E-state index contributed by atoms with van der Waals surface area (Å²) in [6, 6.07) is 0.547. The van der Waals surface area contributed by atoms with Crippen LogP contribution in [-0.2, 0) is 0 Å². The zero-order chi connectivity index (χ0) is 10.3. The van der Waals surface area contributed by atoms with E-state index in [1.54, 1.807) is 0 Å². The van der Waals surface area contributed by atoms with Crippen LogP contribution >= 0.6 is 11.8 Å². The van der Waals surface area contributed by atoms with E-state index >= 15 is 0 Å². The Morgan fingerprint density at radius 2 is 1.92 bits per heavy atom. The molecular weight excluding hydrogens is 182 g/mol. The minimum Gasteiger partial charge on any atom is -0.392 e. The molecule has 0 spiro atoms. The van der Waals surface area contributed by atoms with Crippen LogP contribution in [0.5, 0.6) is 0 Å². The van der Waals surface area contributed by atoms with E-state index < -0.39 is 0 Å². The highest BCUT2D eigenvalue weighted by Crippen LogP contribution is 2.14. The van der Waals surface area contributed by atoms with Gasteiger partial charge in [0.05, 0.1) is 6.10 Å². The minimum absolute atomic E-state index is 0.205. The zero-order valence-corrected chi connectivity index (χ0v) is 10.0. The Bertz CT molecular complexity index is 119. The van der Waals surface area contributed by atoms with Gasteiger partial charge in [0, 0.05) is 17.0 Å². The number of aliphatic hydroxyl groups excluding tert-OH is 1. The van der Waals surface area contributed by atoms with Crippen molar-refractivity contribution in [1.29, 1.82) is 0 Å². The fourth-order valence-electron chi connectivity index (χ4n) is 0.885. The largest absolute Gasteiger partial charge is 0.392 e. The lowest BCUT2D eigenvalue weighted by Gasteiger charge is -2.18. The standard InChI is InChI=1S/C10H23NOS/c1-5-6-11-8(2)7-13-10(4)9(3)12/h8-12H,5-7H2,1-4H3. The van der Waals surface area contributed by atoms with Gasteiger partial charge in [-0.2, -0.15) is 11.8 Å². The molecule has 0 radical (unpaired) electrons. The van der Waals surface area contributed by atoms with Crippen molar-refractivity contribution in [1.82, 2.24) is 5.32 Å². The van der Waals surface area contributed by atoms with Crippen LogP contribution in [0.3, 0.4) is 0 Å². The zero-order valence-electron chi connectivity index (χ0n) is 9.21. The number of thioether (sulfide) groups is 1. The van der Waals surface area contributed by atoms with E-state index in [1.165, 1.54) is 6.42 Å². The molecule has 0 saturated heterocycles. The number of nitrogens with one attached hydrogen (secondary N) is 1. The van der Waals surface area contributed by atoms with E-state index in [0.717, 1.165) is 12.3 Å². The summed E-state index contributed by atoms with van der Waals surface area (Å²) in [4.78, 5) is 0. The molecule has 80 valence electrons. The van der Waals surface area contributed by atoms with Gasteiger partial charge in [0.1, 0.15) is 0 Å². The number of rotatable bonds is 7. The van der Waals surface area contributed by atoms with Gasteiger partial charge in [0.15, 0.2) is 0 Å². The van der Waals surface area contributed by atoms with Gasteiger partial charge in [-0.05, 0) is 26.8 Å². The molecule has 2 nitrogen and oxygen atoms in total. The predicted octanol–water partition coefficient (Wildman–Crippen LogP) is 1.88. The molecule has 0 saturated carbocycles. The smallest absolute Gasteiger partial charge is 0.0628 e. The number of hydrogen-bond acceptors (Lipinski definition) is 3.